The fourth-order valence-corrected chi connectivity index (χ4v) is 3.54. The molecule has 1 saturated carbocycles. The minimum absolute atomic E-state index is 0.386. The Kier molecular flexibility index (Phi) is 4.35. The average Bonchev–Trinajstić information content (AvgIpc) is 2.30. The number of benzene rings is 1. The smallest absolute Gasteiger partial charge is 0.0163 e. The summed E-state index contributed by atoms with van der Waals surface area (Å²) in [5, 5.41) is 3.61. The maximum Gasteiger partial charge on any atom is 0.0163 e. The summed E-state index contributed by atoms with van der Waals surface area (Å²) in [6.07, 6.45) is 5.33. The van der Waals surface area contributed by atoms with Crippen LogP contribution < -0.4 is 5.32 Å². The summed E-state index contributed by atoms with van der Waals surface area (Å²) in [6, 6.07) is 7.71. The van der Waals surface area contributed by atoms with Crippen LogP contribution in [-0.2, 0) is 5.41 Å². The molecular formula is C18H29N. The van der Waals surface area contributed by atoms with Crippen molar-refractivity contribution >= 4 is 0 Å². The third-order valence-electron chi connectivity index (χ3n) is 5.05. The quantitative estimate of drug-likeness (QED) is 0.828. The Balaban J connectivity index is 2.32. The van der Waals surface area contributed by atoms with Gasteiger partial charge in [0.2, 0.25) is 0 Å². The van der Waals surface area contributed by atoms with E-state index in [4.69, 9.17) is 0 Å². The van der Waals surface area contributed by atoms with Crippen molar-refractivity contribution in [1.82, 2.24) is 5.32 Å². The molecule has 0 saturated heterocycles. The monoisotopic (exact) mass is 259 g/mol. The van der Waals surface area contributed by atoms with Gasteiger partial charge in [-0.05, 0) is 62.8 Å². The van der Waals surface area contributed by atoms with E-state index in [1.54, 1.807) is 5.56 Å². The Hall–Kier alpha value is -0.820. The molecule has 106 valence electrons. The predicted octanol–water partition coefficient (Wildman–Crippen LogP) is 4.36. The lowest BCUT2D eigenvalue weighted by molar-refractivity contribution is 0.157. The molecule has 1 heteroatoms. The molecule has 1 aromatic carbocycles. The Labute approximate surface area is 118 Å². The van der Waals surface area contributed by atoms with E-state index in [1.165, 1.54) is 36.8 Å². The number of hydrogen-bond acceptors (Lipinski definition) is 1. The molecule has 1 atom stereocenters. The Morgan fingerprint density at radius 3 is 2.26 bits per heavy atom. The molecule has 1 aliphatic rings. The molecule has 1 unspecified atom stereocenters. The van der Waals surface area contributed by atoms with Gasteiger partial charge in [-0.25, -0.2) is 0 Å². The van der Waals surface area contributed by atoms with Gasteiger partial charge in [-0.2, -0.15) is 0 Å². The van der Waals surface area contributed by atoms with Gasteiger partial charge in [0.15, 0.2) is 0 Å². The number of rotatable bonds is 5. The van der Waals surface area contributed by atoms with Gasteiger partial charge in [-0.3, -0.25) is 0 Å². The molecule has 0 amide bonds. The molecule has 2 rings (SSSR count). The first-order chi connectivity index (χ1) is 8.99. The number of likely N-dealkylation sites (N-methyl/N-ethyl adjacent to an activating group) is 1. The zero-order valence-corrected chi connectivity index (χ0v) is 13.2. The standard InChI is InChI=1S/C18H29N/c1-13(2)11-17(19-5)18(9-6-10-18)16-8-7-14(3)15(4)12-16/h7-8,12-13,17,19H,6,9-11H2,1-5H3. The van der Waals surface area contributed by atoms with E-state index in [-0.39, 0.29) is 0 Å². The first-order valence-electron chi connectivity index (χ1n) is 7.74. The number of nitrogens with one attached hydrogen (secondary N) is 1. The highest BCUT2D eigenvalue weighted by Gasteiger charge is 2.44. The van der Waals surface area contributed by atoms with Gasteiger partial charge in [0.25, 0.3) is 0 Å². The van der Waals surface area contributed by atoms with Crippen LogP contribution in [0.5, 0.6) is 0 Å². The fraction of sp³-hybridized carbons (Fsp3) is 0.667. The average molecular weight is 259 g/mol. The van der Waals surface area contributed by atoms with Crippen LogP contribution in [0.4, 0.5) is 0 Å². The van der Waals surface area contributed by atoms with Crippen LogP contribution in [0.15, 0.2) is 18.2 Å². The van der Waals surface area contributed by atoms with Crippen LogP contribution in [0.1, 0.15) is 56.2 Å². The van der Waals surface area contributed by atoms with E-state index < -0.39 is 0 Å². The van der Waals surface area contributed by atoms with Crippen molar-refractivity contribution in [1.29, 1.82) is 0 Å². The zero-order valence-electron chi connectivity index (χ0n) is 13.2. The summed E-state index contributed by atoms with van der Waals surface area (Å²) in [6.45, 7) is 9.10. The first kappa shape index (κ1) is 14.6. The second-order valence-corrected chi connectivity index (χ2v) is 6.78. The van der Waals surface area contributed by atoms with E-state index in [2.05, 4.69) is 58.3 Å². The predicted molar refractivity (Wildman–Crippen MR) is 83.7 cm³/mol. The summed E-state index contributed by atoms with van der Waals surface area (Å²) in [5.74, 6) is 0.751. The number of hydrogen-bond donors (Lipinski definition) is 1. The second-order valence-electron chi connectivity index (χ2n) is 6.78. The van der Waals surface area contributed by atoms with Crippen LogP contribution in [0.3, 0.4) is 0 Å². The Morgan fingerprint density at radius 1 is 1.16 bits per heavy atom. The van der Waals surface area contributed by atoms with Crippen LogP contribution in [0.25, 0.3) is 0 Å². The van der Waals surface area contributed by atoms with E-state index in [1.807, 2.05) is 0 Å². The Bertz CT molecular complexity index is 429. The molecule has 0 radical (unpaired) electrons. The maximum absolute atomic E-state index is 3.61. The lowest BCUT2D eigenvalue weighted by Crippen LogP contribution is -2.52. The first-order valence-corrected chi connectivity index (χ1v) is 7.74. The summed E-state index contributed by atoms with van der Waals surface area (Å²) in [4.78, 5) is 0. The van der Waals surface area contributed by atoms with Crippen LogP contribution in [0.2, 0.25) is 0 Å². The van der Waals surface area contributed by atoms with E-state index >= 15 is 0 Å². The molecule has 0 heterocycles. The Morgan fingerprint density at radius 2 is 1.84 bits per heavy atom. The second kappa shape index (κ2) is 5.66. The molecule has 0 aromatic heterocycles. The molecule has 1 aromatic rings. The SMILES string of the molecule is CNC(CC(C)C)C1(c2ccc(C)c(C)c2)CCC1. The third kappa shape index (κ3) is 2.72. The molecule has 1 N–H and O–H groups in total. The highest BCUT2D eigenvalue weighted by molar-refractivity contribution is 5.37. The third-order valence-corrected chi connectivity index (χ3v) is 5.05. The number of aryl methyl sites for hydroxylation is 2. The minimum atomic E-state index is 0.386. The van der Waals surface area contributed by atoms with Crippen LogP contribution in [-0.4, -0.2) is 13.1 Å². The fourth-order valence-electron chi connectivity index (χ4n) is 3.54. The molecule has 1 fully saturated rings. The van der Waals surface area contributed by atoms with Crippen LogP contribution in [0, 0.1) is 19.8 Å². The summed E-state index contributed by atoms with van der Waals surface area (Å²) < 4.78 is 0. The molecule has 1 aliphatic carbocycles. The van der Waals surface area contributed by atoms with Crippen molar-refractivity contribution in [2.75, 3.05) is 7.05 Å². The van der Waals surface area contributed by atoms with Gasteiger partial charge in [-0.15, -0.1) is 0 Å². The van der Waals surface area contributed by atoms with Gasteiger partial charge < -0.3 is 5.32 Å². The minimum Gasteiger partial charge on any atom is -0.316 e. The van der Waals surface area contributed by atoms with E-state index in [9.17, 15) is 0 Å². The van der Waals surface area contributed by atoms with Gasteiger partial charge >= 0.3 is 0 Å². The molecular weight excluding hydrogens is 230 g/mol. The lowest BCUT2D eigenvalue weighted by Gasteiger charge is -2.49. The summed E-state index contributed by atoms with van der Waals surface area (Å²) >= 11 is 0. The van der Waals surface area contributed by atoms with Gasteiger partial charge in [0.1, 0.15) is 0 Å². The summed E-state index contributed by atoms with van der Waals surface area (Å²) in [5.41, 5.74) is 4.78. The van der Waals surface area contributed by atoms with E-state index in [0.29, 0.717) is 11.5 Å². The van der Waals surface area contributed by atoms with Crippen molar-refractivity contribution < 1.29 is 0 Å². The lowest BCUT2D eigenvalue weighted by atomic mass is 9.58. The van der Waals surface area contributed by atoms with Crippen molar-refractivity contribution in [2.24, 2.45) is 5.92 Å². The summed E-state index contributed by atoms with van der Waals surface area (Å²) in [7, 11) is 2.13. The van der Waals surface area contributed by atoms with Crippen molar-refractivity contribution in [2.45, 2.75) is 64.8 Å². The highest BCUT2D eigenvalue weighted by atomic mass is 14.9. The van der Waals surface area contributed by atoms with Crippen molar-refractivity contribution in [3.63, 3.8) is 0 Å². The van der Waals surface area contributed by atoms with Gasteiger partial charge in [0.05, 0.1) is 0 Å². The molecule has 19 heavy (non-hydrogen) atoms. The largest absolute Gasteiger partial charge is 0.316 e. The molecule has 0 aliphatic heterocycles. The zero-order chi connectivity index (χ0) is 14.0. The normalized spacial score (nSPS) is 19.3. The molecule has 0 spiro atoms. The molecule has 1 nitrogen and oxygen atoms in total. The molecule has 0 bridgehead atoms. The van der Waals surface area contributed by atoms with Gasteiger partial charge in [0, 0.05) is 11.5 Å². The van der Waals surface area contributed by atoms with Crippen LogP contribution >= 0.6 is 0 Å². The highest BCUT2D eigenvalue weighted by Crippen LogP contribution is 2.48. The van der Waals surface area contributed by atoms with Crippen molar-refractivity contribution in [3.05, 3.63) is 34.9 Å². The topological polar surface area (TPSA) is 12.0 Å². The van der Waals surface area contributed by atoms with Gasteiger partial charge in [-0.1, -0.05) is 38.5 Å². The van der Waals surface area contributed by atoms with E-state index in [0.717, 1.165) is 5.92 Å². The van der Waals surface area contributed by atoms with Crippen molar-refractivity contribution in [3.8, 4) is 0 Å². The maximum atomic E-state index is 3.61.